The smallest absolute Gasteiger partial charge is 0.213 e. The van der Waals surface area contributed by atoms with E-state index < -0.39 is 0 Å². The summed E-state index contributed by atoms with van der Waals surface area (Å²) in [5.74, 6) is 1.39. The molecular formula is C20H21N5O2. The van der Waals surface area contributed by atoms with Crippen molar-refractivity contribution in [3.05, 3.63) is 64.9 Å². The van der Waals surface area contributed by atoms with Crippen molar-refractivity contribution in [3.63, 3.8) is 0 Å². The number of nitrogens with zero attached hydrogens (tertiary/aromatic N) is 5. The van der Waals surface area contributed by atoms with E-state index in [0.29, 0.717) is 11.4 Å². The van der Waals surface area contributed by atoms with Crippen LogP contribution in [0.1, 0.15) is 28.3 Å². The van der Waals surface area contributed by atoms with Crippen molar-refractivity contribution in [1.29, 1.82) is 5.26 Å². The van der Waals surface area contributed by atoms with Gasteiger partial charge in [0.25, 0.3) is 0 Å². The Bertz CT molecular complexity index is 948. The van der Waals surface area contributed by atoms with Gasteiger partial charge in [-0.3, -0.25) is 4.90 Å². The molecule has 3 aromatic heterocycles. The van der Waals surface area contributed by atoms with E-state index in [1.54, 1.807) is 12.1 Å². The van der Waals surface area contributed by atoms with Gasteiger partial charge in [0.05, 0.1) is 17.8 Å². The van der Waals surface area contributed by atoms with Crippen molar-refractivity contribution >= 4 is 0 Å². The second kappa shape index (κ2) is 7.25. The maximum absolute atomic E-state index is 8.92. The molecule has 3 aromatic rings. The highest BCUT2D eigenvalue weighted by molar-refractivity contribution is 5.28. The zero-order chi connectivity index (χ0) is 18.8. The normalized spacial score (nSPS) is 17.1. The van der Waals surface area contributed by atoms with Crippen LogP contribution in [0.5, 0.6) is 5.88 Å². The summed E-state index contributed by atoms with van der Waals surface area (Å²) in [4.78, 5) is 6.60. The molecule has 1 aliphatic heterocycles. The van der Waals surface area contributed by atoms with Crippen LogP contribution in [0.3, 0.4) is 0 Å². The Morgan fingerprint density at radius 1 is 1.30 bits per heavy atom. The van der Waals surface area contributed by atoms with Crippen molar-refractivity contribution < 1.29 is 9.26 Å². The van der Waals surface area contributed by atoms with E-state index in [9.17, 15) is 0 Å². The van der Waals surface area contributed by atoms with Crippen LogP contribution in [0.25, 0.3) is 0 Å². The van der Waals surface area contributed by atoms with Crippen LogP contribution < -0.4 is 4.74 Å². The van der Waals surface area contributed by atoms with Gasteiger partial charge < -0.3 is 13.8 Å². The van der Waals surface area contributed by atoms with Crippen LogP contribution in [0.15, 0.2) is 41.2 Å². The van der Waals surface area contributed by atoms with Crippen LogP contribution in [0, 0.1) is 25.2 Å². The number of fused-ring (bicyclic) bond motifs is 1. The molecule has 0 aliphatic carbocycles. The van der Waals surface area contributed by atoms with Gasteiger partial charge in [-0.05, 0) is 32.0 Å². The zero-order valence-electron chi connectivity index (χ0n) is 15.4. The number of nitriles is 1. The zero-order valence-corrected chi connectivity index (χ0v) is 15.4. The number of pyridine rings is 1. The van der Waals surface area contributed by atoms with E-state index in [2.05, 4.69) is 44.0 Å². The molecule has 0 N–H and O–H groups in total. The number of hydrogen-bond acceptors (Lipinski definition) is 6. The predicted octanol–water partition coefficient (Wildman–Crippen LogP) is 2.82. The summed E-state index contributed by atoms with van der Waals surface area (Å²) < 4.78 is 13.7. The predicted molar refractivity (Wildman–Crippen MR) is 97.9 cm³/mol. The molecule has 7 nitrogen and oxygen atoms in total. The fourth-order valence-electron chi connectivity index (χ4n) is 3.46. The van der Waals surface area contributed by atoms with Gasteiger partial charge in [0.1, 0.15) is 17.9 Å². The van der Waals surface area contributed by atoms with Gasteiger partial charge in [-0.25, -0.2) is 4.98 Å². The van der Waals surface area contributed by atoms with E-state index in [1.807, 2.05) is 13.8 Å². The molecule has 138 valence electrons. The fourth-order valence-corrected chi connectivity index (χ4v) is 3.46. The first-order valence-electron chi connectivity index (χ1n) is 8.93. The average molecular weight is 363 g/mol. The van der Waals surface area contributed by atoms with E-state index in [1.165, 1.54) is 11.9 Å². The molecule has 0 saturated heterocycles. The van der Waals surface area contributed by atoms with E-state index >= 15 is 0 Å². The molecule has 7 heteroatoms. The van der Waals surface area contributed by atoms with Crippen LogP contribution in [0.2, 0.25) is 0 Å². The Morgan fingerprint density at radius 3 is 2.89 bits per heavy atom. The molecule has 0 bridgehead atoms. The van der Waals surface area contributed by atoms with Gasteiger partial charge >= 0.3 is 0 Å². The minimum absolute atomic E-state index is 0.0560. The monoisotopic (exact) mass is 363 g/mol. The molecule has 0 saturated carbocycles. The van der Waals surface area contributed by atoms with Crippen molar-refractivity contribution in [3.8, 4) is 11.9 Å². The lowest BCUT2D eigenvalue weighted by Gasteiger charge is -2.24. The van der Waals surface area contributed by atoms with Crippen LogP contribution >= 0.6 is 0 Å². The highest BCUT2D eigenvalue weighted by Gasteiger charge is 2.25. The Hall–Kier alpha value is -3.11. The number of rotatable bonds is 4. The van der Waals surface area contributed by atoms with E-state index in [0.717, 1.165) is 43.2 Å². The van der Waals surface area contributed by atoms with Gasteiger partial charge in [-0.1, -0.05) is 5.16 Å². The number of hydrogen-bond donors (Lipinski definition) is 0. The highest BCUT2D eigenvalue weighted by Crippen LogP contribution is 2.21. The molecule has 0 unspecified atom stereocenters. The first kappa shape index (κ1) is 17.3. The summed E-state index contributed by atoms with van der Waals surface area (Å²) in [6, 6.07) is 9.75. The van der Waals surface area contributed by atoms with Gasteiger partial charge in [0.2, 0.25) is 5.88 Å². The van der Waals surface area contributed by atoms with Crippen LogP contribution in [-0.4, -0.2) is 32.3 Å². The SMILES string of the molecule is Cc1noc(C)c1CN1Cc2cccn2C[C@H](Oc2ccc(C#N)cn2)C1. The van der Waals surface area contributed by atoms with E-state index in [-0.39, 0.29) is 6.10 Å². The summed E-state index contributed by atoms with van der Waals surface area (Å²) >= 11 is 0. The number of ether oxygens (including phenoxy) is 1. The first-order valence-corrected chi connectivity index (χ1v) is 8.93. The van der Waals surface area contributed by atoms with Crippen molar-refractivity contribution in [2.45, 2.75) is 39.6 Å². The standard InChI is InChI=1S/C20H21N5O2/c1-14-19(15(2)27-23-14)13-24-10-17-4-3-7-25(17)12-18(11-24)26-20-6-5-16(8-21)9-22-20/h3-7,9,18H,10-13H2,1-2H3/t18-/m1/s1. The van der Waals surface area contributed by atoms with Crippen molar-refractivity contribution in [2.75, 3.05) is 6.54 Å². The molecule has 0 radical (unpaired) electrons. The van der Waals surface area contributed by atoms with Gasteiger partial charge in [-0.15, -0.1) is 0 Å². The Morgan fingerprint density at radius 2 is 2.19 bits per heavy atom. The molecular weight excluding hydrogens is 342 g/mol. The van der Waals surface area contributed by atoms with Gasteiger partial charge in [0, 0.05) is 49.4 Å². The molecule has 27 heavy (non-hydrogen) atoms. The summed E-state index contributed by atoms with van der Waals surface area (Å²) in [6.07, 6.45) is 3.56. The topological polar surface area (TPSA) is 80.1 Å². The summed E-state index contributed by atoms with van der Waals surface area (Å²) in [7, 11) is 0. The molecule has 0 spiro atoms. The average Bonchev–Trinajstić information content (AvgIpc) is 3.18. The minimum atomic E-state index is -0.0560. The molecule has 0 aromatic carbocycles. The third kappa shape index (κ3) is 3.71. The number of aromatic nitrogens is 3. The Balaban J connectivity index is 1.55. The lowest BCUT2D eigenvalue weighted by molar-refractivity contribution is 0.119. The summed E-state index contributed by atoms with van der Waals surface area (Å²) in [6.45, 7) is 7.02. The van der Waals surface area contributed by atoms with Crippen molar-refractivity contribution in [1.82, 2.24) is 19.6 Å². The fraction of sp³-hybridized carbons (Fsp3) is 0.350. The molecule has 4 heterocycles. The highest BCUT2D eigenvalue weighted by atomic mass is 16.5. The van der Waals surface area contributed by atoms with Crippen LogP contribution in [-0.2, 0) is 19.6 Å². The summed E-state index contributed by atoms with van der Waals surface area (Å²) in [5, 5.41) is 13.0. The van der Waals surface area contributed by atoms with Crippen LogP contribution in [0.4, 0.5) is 0 Å². The maximum Gasteiger partial charge on any atom is 0.213 e. The lowest BCUT2D eigenvalue weighted by Crippen LogP contribution is -2.35. The second-order valence-corrected chi connectivity index (χ2v) is 6.86. The molecule has 1 atom stereocenters. The lowest BCUT2D eigenvalue weighted by atomic mass is 10.2. The minimum Gasteiger partial charge on any atom is -0.471 e. The Labute approximate surface area is 157 Å². The second-order valence-electron chi connectivity index (χ2n) is 6.86. The number of aryl methyl sites for hydroxylation is 2. The first-order chi connectivity index (χ1) is 13.1. The summed E-state index contributed by atoms with van der Waals surface area (Å²) in [5.41, 5.74) is 3.83. The third-order valence-electron chi connectivity index (χ3n) is 4.89. The maximum atomic E-state index is 8.92. The third-order valence-corrected chi connectivity index (χ3v) is 4.89. The van der Waals surface area contributed by atoms with Gasteiger partial charge in [0.15, 0.2) is 0 Å². The molecule has 0 fully saturated rings. The quantitative estimate of drug-likeness (QED) is 0.709. The van der Waals surface area contributed by atoms with E-state index in [4.69, 9.17) is 14.5 Å². The largest absolute Gasteiger partial charge is 0.471 e. The Kier molecular flexibility index (Phi) is 4.65. The molecule has 0 amide bonds. The van der Waals surface area contributed by atoms with Gasteiger partial charge in [-0.2, -0.15) is 5.26 Å². The molecule has 4 rings (SSSR count). The molecule has 1 aliphatic rings. The van der Waals surface area contributed by atoms with Crippen molar-refractivity contribution in [2.24, 2.45) is 0 Å².